The average molecular weight is 393 g/mol. The second-order valence-electron chi connectivity index (χ2n) is 0. The first-order valence-corrected chi connectivity index (χ1v) is 0. The Balaban J connectivity index is 0. The van der Waals surface area contributed by atoms with Crippen LogP contribution in [0.4, 0.5) is 0 Å². The van der Waals surface area contributed by atoms with E-state index in [4.69, 9.17) is 0 Å². The molecule has 0 aliphatic heterocycles. The normalized spacial score (nSPS) is 0. The van der Waals surface area contributed by atoms with Crippen LogP contribution in [0.2, 0.25) is 0 Å². The topological polar surface area (TPSA) is 94.5 Å². The predicted molar refractivity (Wildman–Crippen MR) is 10.8 cm³/mol. The maximum atomic E-state index is 0. The Kier molecular flexibility index (Phi) is 4990. The molecule has 0 amide bonds. The maximum absolute atomic E-state index is 0. The summed E-state index contributed by atoms with van der Waals surface area (Å²) < 4.78 is 0. The zero-order valence-corrected chi connectivity index (χ0v) is 8.50. The fraction of sp³-hybridized carbons (Fsp3) is 0. The van der Waals surface area contributed by atoms with E-state index in [2.05, 4.69) is 0 Å². The van der Waals surface area contributed by atoms with Crippen molar-refractivity contribution < 1.29 is 88.4 Å². The van der Waals surface area contributed by atoms with E-state index in [1.54, 1.807) is 0 Å². The van der Waals surface area contributed by atoms with Crippen LogP contribution in [0.1, 0.15) is 0 Å². The Hall–Kier alpha value is 1.78. The van der Waals surface area contributed by atoms with Gasteiger partial charge in [0.05, 0.1) is 0 Å². The van der Waals surface area contributed by atoms with Gasteiger partial charge in [-0.25, -0.2) is 0 Å². The van der Waals surface area contributed by atoms with Gasteiger partial charge in [-0.3, -0.25) is 0 Å². The van der Waals surface area contributed by atoms with Crippen LogP contribution < -0.4 is 49.6 Å². The van der Waals surface area contributed by atoms with Crippen molar-refractivity contribution in [3.8, 4) is 0 Å². The van der Waals surface area contributed by atoms with Gasteiger partial charge in [-0.15, -0.1) is 0 Å². The molecule has 0 fully saturated rings. The van der Waals surface area contributed by atoms with Gasteiger partial charge >= 0.3 is 0 Å². The van der Waals surface area contributed by atoms with Crippen LogP contribution in [0.3, 0.4) is 0 Å². The van der Waals surface area contributed by atoms with Crippen molar-refractivity contribution >= 4 is 0 Å². The van der Waals surface area contributed by atoms with E-state index in [1.807, 2.05) is 0 Å². The molecule has 0 aliphatic rings. The minimum absolute atomic E-state index is 0. The van der Waals surface area contributed by atoms with E-state index in [9.17, 15) is 0 Å². The number of hydrogen-bond acceptors (Lipinski definition) is 0. The summed E-state index contributed by atoms with van der Waals surface area (Å²) >= 11 is 0. The molecule has 0 spiro atoms. The largest absolute Gasteiger partial charge is 1.00 e. The number of hydrogen-bond donors (Lipinski definition) is 0. The van der Waals surface area contributed by atoms with E-state index < -0.39 is 0 Å². The van der Waals surface area contributed by atoms with Crippen LogP contribution in [-0.4, -0.2) is 16.4 Å². The molecule has 0 saturated carbocycles. The van der Waals surface area contributed by atoms with Gasteiger partial charge in [-0.1, -0.05) is 0 Å². The van der Waals surface area contributed by atoms with Gasteiger partial charge in [0.1, 0.15) is 0 Å². The van der Waals surface area contributed by atoms with Gasteiger partial charge in [-0.05, 0) is 0 Å². The van der Waals surface area contributed by atoms with E-state index in [-0.39, 0.29) is 88.4 Å². The smallest absolute Gasteiger partial charge is 0 e. The Labute approximate surface area is 88.1 Å². The third kappa shape index (κ3) is 113. The molecule has 67 valence electrons. The molecule has 0 rings (SSSR count). The van der Waals surface area contributed by atoms with Crippen LogP contribution in [0, 0.1) is 0 Å². The molecule has 0 aromatic carbocycles. The Morgan fingerprint density at radius 3 is 0.375 bits per heavy atom. The molecule has 0 atom stereocenters. The summed E-state index contributed by atoms with van der Waals surface area (Å²) in [6, 6.07) is 0. The standard InChI is InChI=1S/Au.4ClH.3H2O/h;4*1H;3*1H2/p-4. The van der Waals surface area contributed by atoms with Crippen molar-refractivity contribution in [1.82, 2.24) is 0 Å². The summed E-state index contributed by atoms with van der Waals surface area (Å²) in [5, 5.41) is 0. The quantitative estimate of drug-likeness (QED) is 0.366. The second-order valence-corrected chi connectivity index (χ2v) is 0. The monoisotopic (exact) mass is 391 g/mol. The predicted octanol–water partition coefficient (Wildman–Crippen LogP) is -14.5. The van der Waals surface area contributed by atoms with E-state index in [0.717, 1.165) is 0 Å². The molecule has 3 nitrogen and oxygen atoms in total. The summed E-state index contributed by atoms with van der Waals surface area (Å²) in [5.41, 5.74) is 0. The van der Waals surface area contributed by atoms with Crippen molar-refractivity contribution in [1.29, 1.82) is 0 Å². The Morgan fingerprint density at radius 1 is 0.375 bits per heavy atom. The average Bonchev–Trinajstić information content (AvgIpc) is 0. The third-order valence-electron chi connectivity index (χ3n) is 0. The molecule has 6 N–H and O–H groups in total. The van der Waals surface area contributed by atoms with Crippen molar-refractivity contribution in [2.24, 2.45) is 0 Å². The Bertz CT molecular complexity index is 11.2. The molecule has 0 aromatic heterocycles. The molecule has 8 heteroatoms. The van der Waals surface area contributed by atoms with E-state index >= 15 is 0 Å². The van der Waals surface area contributed by atoms with E-state index in [1.165, 1.54) is 0 Å². The molecule has 8 heavy (non-hydrogen) atoms. The molecule has 0 saturated heterocycles. The summed E-state index contributed by atoms with van der Waals surface area (Å²) in [5.74, 6) is 0. The van der Waals surface area contributed by atoms with Gasteiger partial charge in [0.25, 0.3) is 0 Å². The van der Waals surface area contributed by atoms with Gasteiger partial charge in [-0.2, -0.15) is 0 Å². The molecule has 0 bridgehead atoms. The maximum Gasteiger partial charge on any atom is 0 e. The van der Waals surface area contributed by atoms with Gasteiger partial charge in [0.15, 0.2) is 0 Å². The molecule has 0 heterocycles. The van der Waals surface area contributed by atoms with Crippen molar-refractivity contribution in [2.45, 2.75) is 0 Å². The molecule has 1 radical (unpaired) electrons. The summed E-state index contributed by atoms with van der Waals surface area (Å²) in [6.45, 7) is 0. The summed E-state index contributed by atoms with van der Waals surface area (Å²) in [7, 11) is 0. The minimum atomic E-state index is 0. The van der Waals surface area contributed by atoms with Crippen molar-refractivity contribution in [2.75, 3.05) is 0 Å². The Morgan fingerprint density at radius 2 is 0.375 bits per heavy atom. The van der Waals surface area contributed by atoms with Crippen molar-refractivity contribution in [3.05, 3.63) is 0 Å². The first-order chi connectivity index (χ1) is 0. The molecule has 0 aromatic rings. The van der Waals surface area contributed by atoms with Crippen LogP contribution in [0.25, 0.3) is 0 Å². The zero-order valence-electron chi connectivity index (χ0n) is 3.31. The third-order valence-corrected chi connectivity index (χ3v) is 0. The number of rotatable bonds is 0. The molecular weight excluding hydrogens is 387 g/mol. The van der Waals surface area contributed by atoms with Crippen LogP contribution in [-0.2, 0) is 22.4 Å². The summed E-state index contributed by atoms with van der Waals surface area (Å²) in [6.07, 6.45) is 0. The van der Waals surface area contributed by atoms with Gasteiger partial charge in [0.2, 0.25) is 0 Å². The van der Waals surface area contributed by atoms with E-state index in [0.29, 0.717) is 0 Å². The SMILES string of the molecule is O.O.O.[Au].[Cl-].[Cl-].[Cl-].[Cl-]. The molecular formula is H6AuCl4O3-4. The van der Waals surface area contributed by atoms with Gasteiger partial charge in [0, 0.05) is 22.4 Å². The van der Waals surface area contributed by atoms with Crippen LogP contribution in [0.5, 0.6) is 0 Å². The van der Waals surface area contributed by atoms with Gasteiger partial charge < -0.3 is 66.1 Å². The minimum Gasteiger partial charge on any atom is -1.00 e. The second kappa shape index (κ2) is 168. The number of halogens is 4. The fourth-order valence-corrected chi connectivity index (χ4v) is 0. The zero-order chi connectivity index (χ0) is 0. The first kappa shape index (κ1) is 238. The summed E-state index contributed by atoms with van der Waals surface area (Å²) in [4.78, 5) is 0. The first-order valence-electron chi connectivity index (χ1n) is 0. The fourth-order valence-electron chi connectivity index (χ4n) is 0. The van der Waals surface area contributed by atoms with Crippen molar-refractivity contribution in [3.63, 3.8) is 0 Å². The van der Waals surface area contributed by atoms with Crippen LogP contribution in [0.15, 0.2) is 0 Å². The van der Waals surface area contributed by atoms with Crippen LogP contribution >= 0.6 is 0 Å². The molecule has 0 aliphatic carbocycles. The molecule has 0 unspecified atom stereocenters.